The van der Waals surface area contributed by atoms with E-state index < -0.39 is 60.9 Å². The summed E-state index contributed by atoms with van der Waals surface area (Å²) in [5.74, 6) is 0. The molecule has 129 valence electrons. The molecule has 0 unspecified atom stereocenters. The molecule has 0 bridgehead atoms. The van der Waals surface area contributed by atoms with Crippen molar-refractivity contribution in [3.63, 3.8) is 0 Å². The van der Waals surface area contributed by atoms with E-state index in [1.54, 1.807) is 2.45 Å². The van der Waals surface area contributed by atoms with Gasteiger partial charge in [0.05, 0.1) is 0 Å². The molecule has 0 saturated carbocycles. The van der Waals surface area contributed by atoms with Crippen LogP contribution < -0.4 is 0 Å². The van der Waals surface area contributed by atoms with Gasteiger partial charge in [0.25, 0.3) is 0 Å². The van der Waals surface area contributed by atoms with Gasteiger partial charge in [-0.25, -0.2) is 0 Å². The SMILES string of the molecule is CCC[CH2][Sn]1[CH2][Sn]([CH2]CCC)[O][Sn]([CH2]CCC)[O]1.O.O.O. The Morgan fingerprint density at radius 2 is 1.05 bits per heavy atom. The van der Waals surface area contributed by atoms with Crippen LogP contribution in [-0.2, 0) is 2.82 Å². The molecule has 1 aliphatic heterocycles. The van der Waals surface area contributed by atoms with Crippen LogP contribution in [0.1, 0.15) is 59.3 Å². The maximum absolute atomic E-state index is 6.52. The first-order valence-electron chi connectivity index (χ1n) is 7.71. The van der Waals surface area contributed by atoms with E-state index in [9.17, 15) is 0 Å². The first-order valence-corrected chi connectivity index (χ1v) is 22.5. The second-order valence-corrected chi connectivity index (χ2v) is 34.5. The fourth-order valence-corrected chi connectivity index (χ4v) is 76.8. The largest absolute Gasteiger partial charge is 0.412 e. The second-order valence-electron chi connectivity index (χ2n) is 5.14. The van der Waals surface area contributed by atoms with Crippen molar-refractivity contribution in [2.45, 2.75) is 75.1 Å². The van der Waals surface area contributed by atoms with Gasteiger partial charge >= 0.3 is 139 Å². The summed E-state index contributed by atoms with van der Waals surface area (Å²) >= 11 is -4.53. The molecule has 5 nitrogen and oxygen atoms in total. The minimum absolute atomic E-state index is 0. The van der Waals surface area contributed by atoms with Gasteiger partial charge in [-0.05, 0) is 0 Å². The summed E-state index contributed by atoms with van der Waals surface area (Å²) in [5, 5.41) is 0. The smallest absolute Gasteiger partial charge is 0.412 e. The zero-order valence-corrected chi connectivity index (χ0v) is 22.4. The summed E-state index contributed by atoms with van der Waals surface area (Å²) in [6, 6.07) is 0. The van der Waals surface area contributed by atoms with Crippen molar-refractivity contribution in [1.82, 2.24) is 0 Å². The summed E-state index contributed by atoms with van der Waals surface area (Å²) in [5.41, 5.74) is 0. The van der Waals surface area contributed by atoms with Crippen LogP contribution in [-0.4, -0.2) is 77.4 Å². The fourth-order valence-electron chi connectivity index (χ4n) is 2.08. The third-order valence-electron chi connectivity index (χ3n) is 3.26. The molecule has 21 heavy (non-hydrogen) atoms. The zero-order valence-electron chi connectivity index (χ0n) is 13.9. The Labute approximate surface area is 153 Å². The number of rotatable bonds is 9. The first kappa shape index (κ1) is 28.0. The average Bonchev–Trinajstić information content (AvgIpc) is 2.40. The molecular formula is C13H35O5Sn3. The molecule has 0 aromatic carbocycles. The van der Waals surface area contributed by atoms with Gasteiger partial charge in [-0.2, -0.15) is 0 Å². The molecular weight excluding hydrogens is 592 g/mol. The van der Waals surface area contributed by atoms with Crippen molar-refractivity contribution in [2.75, 3.05) is 0 Å². The van der Waals surface area contributed by atoms with Gasteiger partial charge in [0.2, 0.25) is 0 Å². The molecule has 0 aliphatic carbocycles. The molecule has 0 amide bonds. The van der Waals surface area contributed by atoms with Crippen LogP contribution in [0.15, 0.2) is 0 Å². The maximum Gasteiger partial charge on any atom is -0.412 e. The second kappa shape index (κ2) is 18.5. The third kappa shape index (κ3) is 13.2. The Bertz CT molecular complexity index is 173. The van der Waals surface area contributed by atoms with Crippen molar-refractivity contribution in [3.05, 3.63) is 0 Å². The standard InChI is InChI=1S/3C4H9.CH2.3H2O.2O.3Sn/c3*1-3-4-2;;;;;;;;;/h3*1,3-4H2,2H3;4*1H2;;;;;. The minimum atomic E-state index is -1.76. The van der Waals surface area contributed by atoms with Crippen LogP contribution in [0.25, 0.3) is 0 Å². The van der Waals surface area contributed by atoms with E-state index in [-0.39, 0.29) is 16.4 Å². The topological polar surface area (TPSA) is 113 Å². The number of hydrogen-bond acceptors (Lipinski definition) is 2. The van der Waals surface area contributed by atoms with Crippen molar-refractivity contribution in [1.29, 1.82) is 0 Å². The maximum atomic E-state index is 6.52. The predicted molar refractivity (Wildman–Crippen MR) is 94.2 cm³/mol. The summed E-state index contributed by atoms with van der Waals surface area (Å²) in [4.78, 5) is 0. The van der Waals surface area contributed by atoms with E-state index in [0.717, 1.165) is 0 Å². The summed E-state index contributed by atoms with van der Waals surface area (Å²) in [6.45, 7) is 6.92. The van der Waals surface area contributed by atoms with E-state index in [1.807, 2.05) is 0 Å². The van der Waals surface area contributed by atoms with Crippen LogP contribution in [0.2, 0.25) is 15.8 Å². The molecule has 1 aliphatic rings. The Hall–Kier alpha value is 2.20. The Balaban J connectivity index is -0.00000108. The minimum Gasteiger partial charge on any atom is -0.412 e. The molecule has 3 radical (unpaired) electrons. The van der Waals surface area contributed by atoms with E-state index in [0.29, 0.717) is 0 Å². The number of hydrogen-bond donors (Lipinski definition) is 0. The zero-order chi connectivity index (χ0) is 13.2. The molecule has 1 saturated heterocycles. The third-order valence-corrected chi connectivity index (χ3v) is 50.7. The average molecular weight is 628 g/mol. The summed E-state index contributed by atoms with van der Waals surface area (Å²) in [6.07, 6.45) is 8.26. The van der Waals surface area contributed by atoms with Gasteiger partial charge in [-0.15, -0.1) is 0 Å². The van der Waals surface area contributed by atoms with Crippen LogP contribution in [0.3, 0.4) is 0 Å². The van der Waals surface area contributed by atoms with E-state index in [1.165, 1.54) is 51.8 Å². The monoisotopic (exact) mass is 631 g/mol. The quantitative estimate of drug-likeness (QED) is 0.364. The molecule has 1 heterocycles. The summed E-state index contributed by atoms with van der Waals surface area (Å²) in [7, 11) is 0. The van der Waals surface area contributed by atoms with E-state index in [4.69, 9.17) is 2.82 Å². The van der Waals surface area contributed by atoms with Gasteiger partial charge in [0.1, 0.15) is 0 Å². The van der Waals surface area contributed by atoms with Crippen LogP contribution in [0.4, 0.5) is 0 Å². The molecule has 1 fully saturated rings. The predicted octanol–water partition coefficient (Wildman–Crippen LogP) is 1.97. The fraction of sp³-hybridized carbons (Fsp3) is 1.00. The Morgan fingerprint density at radius 3 is 1.43 bits per heavy atom. The van der Waals surface area contributed by atoms with Crippen molar-refractivity contribution in [2.24, 2.45) is 0 Å². The van der Waals surface area contributed by atoms with Crippen molar-refractivity contribution < 1.29 is 19.3 Å². The van der Waals surface area contributed by atoms with Crippen LogP contribution >= 0.6 is 0 Å². The molecule has 0 aromatic heterocycles. The van der Waals surface area contributed by atoms with Crippen molar-refractivity contribution in [3.8, 4) is 0 Å². The Kier molecular flexibility index (Phi) is 24.7. The first-order chi connectivity index (χ1) is 8.80. The molecule has 1 rings (SSSR count). The molecule has 8 heteroatoms. The Morgan fingerprint density at radius 1 is 0.667 bits per heavy atom. The molecule has 0 atom stereocenters. The molecule has 0 aromatic rings. The van der Waals surface area contributed by atoms with Gasteiger partial charge in [-0.3, -0.25) is 0 Å². The van der Waals surface area contributed by atoms with Gasteiger partial charge in [0.15, 0.2) is 0 Å². The number of unbranched alkanes of at least 4 members (excludes halogenated alkanes) is 3. The normalized spacial score (nSPS) is 16.7. The van der Waals surface area contributed by atoms with E-state index >= 15 is 0 Å². The van der Waals surface area contributed by atoms with Crippen LogP contribution in [0, 0.1) is 0 Å². The summed E-state index contributed by atoms with van der Waals surface area (Å²) < 4.78 is 19.0. The van der Waals surface area contributed by atoms with Crippen molar-refractivity contribution >= 4 is 60.9 Å². The van der Waals surface area contributed by atoms with Gasteiger partial charge in [0, 0.05) is 0 Å². The van der Waals surface area contributed by atoms with Crippen LogP contribution in [0.5, 0.6) is 0 Å². The van der Waals surface area contributed by atoms with Gasteiger partial charge < -0.3 is 16.4 Å². The van der Waals surface area contributed by atoms with Gasteiger partial charge in [-0.1, -0.05) is 0 Å². The molecule has 0 spiro atoms. The molecule has 6 N–H and O–H groups in total. The van der Waals surface area contributed by atoms with E-state index in [2.05, 4.69) is 20.8 Å².